The van der Waals surface area contributed by atoms with Gasteiger partial charge in [-0.05, 0) is 54.1 Å². The van der Waals surface area contributed by atoms with Crippen LogP contribution < -0.4 is 4.90 Å². The Morgan fingerprint density at radius 1 is 0.906 bits per heavy atom. The van der Waals surface area contributed by atoms with Crippen LogP contribution >= 0.6 is 11.6 Å². The summed E-state index contributed by atoms with van der Waals surface area (Å²) in [4.78, 5) is 16.7. The van der Waals surface area contributed by atoms with Gasteiger partial charge < -0.3 is 9.80 Å². The number of hydrogen-bond donors (Lipinski definition) is 0. The van der Waals surface area contributed by atoms with Crippen LogP contribution in [0.3, 0.4) is 0 Å². The van der Waals surface area contributed by atoms with Gasteiger partial charge in [0, 0.05) is 36.8 Å². The third-order valence-electron chi connectivity index (χ3n) is 5.58. The van der Waals surface area contributed by atoms with Crippen LogP contribution in [0.15, 0.2) is 60.7 Å². The van der Waals surface area contributed by atoms with E-state index in [1.165, 1.54) is 12.1 Å². The Labute approximate surface area is 189 Å². The maximum absolute atomic E-state index is 13.3. The van der Waals surface area contributed by atoms with Crippen LogP contribution in [0.1, 0.15) is 5.56 Å². The fraction of sp³-hybridized carbons (Fsp3) is 0.217. The first-order valence-electron chi connectivity index (χ1n) is 10.3. The van der Waals surface area contributed by atoms with Gasteiger partial charge in [0.25, 0.3) is 0 Å². The Morgan fingerprint density at radius 2 is 1.62 bits per heavy atom. The molecule has 3 heterocycles. The average Bonchev–Trinajstić information content (AvgIpc) is 3.24. The first-order chi connectivity index (χ1) is 15.6. The second kappa shape index (κ2) is 8.55. The largest absolute Gasteiger partial charge is 0.352 e. The summed E-state index contributed by atoms with van der Waals surface area (Å²) in [6, 6.07) is 17.2. The fourth-order valence-corrected chi connectivity index (χ4v) is 3.93. The minimum atomic E-state index is -0.306. The number of amides is 1. The van der Waals surface area contributed by atoms with E-state index in [1.807, 2.05) is 29.2 Å². The summed E-state index contributed by atoms with van der Waals surface area (Å²) in [5, 5.41) is 13.7. The Kier molecular flexibility index (Phi) is 5.45. The third kappa shape index (κ3) is 4.13. The Hall–Kier alpha value is -3.52. The van der Waals surface area contributed by atoms with Gasteiger partial charge in [-0.3, -0.25) is 4.79 Å². The number of nitrogens with zero attached hydrogens (tertiary/aromatic N) is 6. The van der Waals surface area contributed by atoms with Crippen molar-refractivity contribution >= 4 is 29.0 Å². The van der Waals surface area contributed by atoms with Gasteiger partial charge in [0.05, 0.1) is 6.42 Å². The highest BCUT2D eigenvalue weighted by Crippen LogP contribution is 2.21. The molecule has 0 unspecified atom stereocenters. The molecule has 0 atom stereocenters. The molecule has 1 amide bonds. The highest BCUT2D eigenvalue weighted by Gasteiger charge is 2.23. The molecule has 2 aromatic heterocycles. The smallest absolute Gasteiger partial charge is 0.227 e. The molecule has 2 aromatic carbocycles. The van der Waals surface area contributed by atoms with Crippen LogP contribution in [0.2, 0.25) is 5.02 Å². The summed E-state index contributed by atoms with van der Waals surface area (Å²) in [6.07, 6.45) is 0.364. The number of rotatable bonds is 4. The quantitative estimate of drug-likeness (QED) is 0.476. The van der Waals surface area contributed by atoms with Gasteiger partial charge in [-0.2, -0.15) is 4.52 Å². The molecule has 162 valence electrons. The van der Waals surface area contributed by atoms with Crippen LogP contribution in [0.4, 0.5) is 10.2 Å². The normalized spacial score (nSPS) is 14.2. The van der Waals surface area contributed by atoms with Crippen molar-refractivity contribution in [3.8, 4) is 11.4 Å². The van der Waals surface area contributed by atoms with E-state index >= 15 is 0 Å². The second-order valence-corrected chi connectivity index (χ2v) is 8.10. The lowest BCUT2D eigenvalue weighted by molar-refractivity contribution is -0.130. The summed E-state index contributed by atoms with van der Waals surface area (Å²) in [6.45, 7) is 2.61. The minimum Gasteiger partial charge on any atom is -0.352 e. The van der Waals surface area contributed by atoms with E-state index in [2.05, 4.69) is 15.1 Å². The first-order valence-corrected chi connectivity index (χ1v) is 10.7. The number of hydrogen-bond acceptors (Lipinski definition) is 5. The predicted octanol–water partition coefficient (Wildman–Crippen LogP) is 3.48. The zero-order valence-corrected chi connectivity index (χ0v) is 17.9. The molecule has 5 rings (SSSR count). The monoisotopic (exact) mass is 450 g/mol. The number of benzene rings is 2. The van der Waals surface area contributed by atoms with Crippen molar-refractivity contribution in [1.29, 1.82) is 0 Å². The van der Waals surface area contributed by atoms with E-state index in [1.54, 1.807) is 28.8 Å². The lowest BCUT2D eigenvalue weighted by Crippen LogP contribution is -2.49. The number of aromatic nitrogens is 4. The minimum absolute atomic E-state index is 0.104. The summed E-state index contributed by atoms with van der Waals surface area (Å²) in [5.41, 5.74) is 2.31. The second-order valence-electron chi connectivity index (χ2n) is 7.66. The molecule has 0 saturated carbocycles. The van der Waals surface area contributed by atoms with E-state index in [0.29, 0.717) is 49.1 Å². The van der Waals surface area contributed by atoms with E-state index in [0.717, 1.165) is 16.9 Å². The topological polar surface area (TPSA) is 66.6 Å². The van der Waals surface area contributed by atoms with Crippen molar-refractivity contribution in [2.75, 3.05) is 31.1 Å². The highest BCUT2D eigenvalue weighted by atomic mass is 35.5. The van der Waals surface area contributed by atoms with Crippen LogP contribution in [-0.2, 0) is 11.2 Å². The molecule has 4 aromatic rings. The Balaban J connectivity index is 1.28. The average molecular weight is 451 g/mol. The van der Waals surface area contributed by atoms with E-state index in [9.17, 15) is 9.18 Å². The van der Waals surface area contributed by atoms with Gasteiger partial charge in [-0.25, -0.2) is 4.39 Å². The van der Waals surface area contributed by atoms with Gasteiger partial charge in [0.15, 0.2) is 11.5 Å². The SMILES string of the molecule is O=C(Cc1ccc(Cl)cc1)N1CCN(c2ccc3nnc(-c4ccc(F)cc4)n3n2)CC1. The maximum atomic E-state index is 13.3. The van der Waals surface area contributed by atoms with Crippen molar-refractivity contribution in [2.24, 2.45) is 0 Å². The summed E-state index contributed by atoms with van der Waals surface area (Å²) in [5.74, 6) is 1.14. The molecule has 1 fully saturated rings. The number of anilines is 1. The van der Waals surface area contributed by atoms with Gasteiger partial charge >= 0.3 is 0 Å². The molecule has 0 N–H and O–H groups in total. The van der Waals surface area contributed by atoms with E-state index in [4.69, 9.17) is 16.7 Å². The van der Waals surface area contributed by atoms with Crippen molar-refractivity contribution in [3.05, 3.63) is 77.1 Å². The van der Waals surface area contributed by atoms with Crippen LogP contribution in [0, 0.1) is 5.82 Å². The van der Waals surface area contributed by atoms with Crippen LogP contribution in [0.25, 0.3) is 17.0 Å². The first kappa shape index (κ1) is 20.4. The number of carbonyl (C=O) groups excluding carboxylic acids is 1. The lowest BCUT2D eigenvalue weighted by Gasteiger charge is -2.35. The van der Waals surface area contributed by atoms with Crippen LogP contribution in [0.5, 0.6) is 0 Å². The zero-order chi connectivity index (χ0) is 22.1. The molecule has 1 aliphatic rings. The zero-order valence-electron chi connectivity index (χ0n) is 17.2. The Morgan fingerprint density at radius 3 is 2.34 bits per heavy atom. The molecular weight excluding hydrogens is 431 g/mol. The number of piperazine rings is 1. The Bertz CT molecular complexity index is 1250. The third-order valence-corrected chi connectivity index (χ3v) is 5.83. The van der Waals surface area contributed by atoms with Crippen molar-refractivity contribution < 1.29 is 9.18 Å². The predicted molar refractivity (Wildman–Crippen MR) is 120 cm³/mol. The van der Waals surface area contributed by atoms with Gasteiger partial charge in [0.1, 0.15) is 11.6 Å². The van der Waals surface area contributed by atoms with Gasteiger partial charge in [-0.15, -0.1) is 15.3 Å². The summed E-state index contributed by atoms with van der Waals surface area (Å²) in [7, 11) is 0. The molecule has 0 bridgehead atoms. The molecule has 9 heteroatoms. The number of halogens is 2. The van der Waals surface area contributed by atoms with Gasteiger partial charge in [0.2, 0.25) is 5.91 Å². The van der Waals surface area contributed by atoms with Crippen molar-refractivity contribution in [2.45, 2.75) is 6.42 Å². The van der Waals surface area contributed by atoms with Crippen LogP contribution in [-0.4, -0.2) is 56.8 Å². The molecule has 7 nitrogen and oxygen atoms in total. The van der Waals surface area contributed by atoms with Gasteiger partial charge in [-0.1, -0.05) is 23.7 Å². The molecule has 0 aliphatic carbocycles. The molecule has 0 spiro atoms. The number of fused-ring (bicyclic) bond motifs is 1. The molecular formula is C23H20ClFN6O. The van der Waals surface area contributed by atoms with E-state index < -0.39 is 0 Å². The summed E-state index contributed by atoms with van der Waals surface area (Å²) < 4.78 is 14.9. The number of carbonyl (C=O) groups is 1. The fourth-order valence-electron chi connectivity index (χ4n) is 3.80. The lowest BCUT2D eigenvalue weighted by atomic mass is 10.1. The van der Waals surface area contributed by atoms with Crippen molar-refractivity contribution in [1.82, 2.24) is 24.7 Å². The van der Waals surface area contributed by atoms with Crippen molar-refractivity contribution in [3.63, 3.8) is 0 Å². The highest BCUT2D eigenvalue weighted by molar-refractivity contribution is 6.30. The summed E-state index contributed by atoms with van der Waals surface area (Å²) >= 11 is 5.92. The maximum Gasteiger partial charge on any atom is 0.227 e. The molecule has 0 radical (unpaired) electrons. The standard InChI is InChI=1S/C23H20ClFN6O/c24-18-5-1-16(2-6-18)15-22(32)30-13-11-29(12-14-30)21-10-9-20-26-27-23(31(20)28-21)17-3-7-19(25)8-4-17/h1-10H,11-15H2. The molecule has 1 aliphatic heterocycles. The van der Waals surface area contributed by atoms with E-state index in [-0.39, 0.29) is 11.7 Å². The molecule has 32 heavy (non-hydrogen) atoms. The molecule has 1 saturated heterocycles.